The van der Waals surface area contributed by atoms with E-state index < -0.39 is 0 Å². The van der Waals surface area contributed by atoms with Gasteiger partial charge in [0.2, 0.25) is 0 Å². The van der Waals surface area contributed by atoms with Crippen LogP contribution < -0.4 is 5.32 Å². The molecular formula is C16H26N2S. The summed E-state index contributed by atoms with van der Waals surface area (Å²) in [5, 5.41) is 5.31. The molecule has 0 radical (unpaired) electrons. The lowest BCUT2D eigenvalue weighted by Crippen LogP contribution is -2.45. The van der Waals surface area contributed by atoms with Gasteiger partial charge in [-0.3, -0.25) is 0 Å². The van der Waals surface area contributed by atoms with Crippen molar-refractivity contribution in [1.82, 2.24) is 10.3 Å². The van der Waals surface area contributed by atoms with Crippen LogP contribution in [-0.2, 0) is 18.4 Å². The van der Waals surface area contributed by atoms with Crippen LogP contribution in [0.3, 0.4) is 0 Å². The molecule has 2 unspecified atom stereocenters. The first-order valence-corrected chi connectivity index (χ1v) is 8.86. The molecule has 19 heavy (non-hydrogen) atoms. The third-order valence-corrected chi connectivity index (χ3v) is 6.32. The van der Waals surface area contributed by atoms with Crippen LogP contribution in [0.2, 0.25) is 0 Å². The van der Waals surface area contributed by atoms with Crippen LogP contribution in [0.1, 0.15) is 68.0 Å². The molecule has 2 atom stereocenters. The molecule has 1 N–H and O–H groups in total. The minimum atomic E-state index is 0.208. The first-order valence-electron chi connectivity index (χ1n) is 8.04. The number of fused-ring (bicyclic) bond motifs is 1. The summed E-state index contributed by atoms with van der Waals surface area (Å²) in [7, 11) is 0. The van der Waals surface area contributed by atoms with E-state index in [-0.39, 0.29) is 5.54 Å². The Morgan fingerprint density at radius 3 is 2.95 bits per heavy atom. The molecule has 1 aromatic rings. The lowest BCUT2D eigenvalue weighted by atomic mass is 9.85. The van der Waals surface area contributed by atoms with Crippen molar-refractivity contribution in [3.63, 3.8) is 0 Å². The molecule has 0 aromatic carbocycles. The zero-order valence-electron chi connectivity index (χ0n) is 12.3. The zero-order valence-corrected chi connectivity index (χ0v) is 13.1. The smallest absolute Gasteiger partial charge is 0.114 e. The van der Waals surface area contributed by atoms with Gasteiger partial charge in [-0.15, -0.1) is 11.3 Å². The van der Waals surface area contributed by atoms with Gasteiger partial charge in [0.1, 0.15) is 5.01 Å². The van der Waals surface area contributed by atoms with Gasteiger partial charge < -0.3 is 5.32 Å². The number of aromatic nitrogens is 1. The molecule has 1 fully saturated rings. The van der Waals surface area contributed by atoms with Crippen molar-refractivity contribution in [2.24, 2.45) is 5.92 Å². The first kappa shape index (κ1) is 13.6. The van der Waals surface area contributed by atoms with Gasteiger partial charge in [-0.05, 0) is 51.0 Å². The van der Waals surface area contributed by atoms with Gasteiger partial charge in [0, 0.05) is 4.88 Å². The zero-order chi connectivity index (χ0) is 13.3. The maximum absolute atomic E-state index is 5.05. The Hall–Kier alpha value is -0.410. The molecule has 0 spiro atoms. The molecule has 3 rings (SSSR count). The summed E-state index contributed by atoms with van der Waals surface area (Å²) in [6, 6.07) is 0. The lowest BCUT2D eigenvalue weighted by Gasteiger charge is -2.34. The van der Waals surface area contributed by atoms with Crippen LogP contribution in [-0.4, -0.2) is 11.5 Å². The standard InChI is InChI=1S/C16H26N2S/c1-3-11-17-16(10-6-7-12(16)4-2)15-18-13-8-5-9-14(13)19-15/h12,17H,3-11H2,1-2H3. The number of hydrogen-bond acceptors (Lipinski definition) is 3. The van der Waals surface area contributed by atoms with Gasteiger partial charge in [-0.2, -0.15) is 0 Å². The van der Waals surface area contributed by atoms with E-state index in [0.29, 0.717) is 0 Å². The molecule has 106 valence electrons. The van der Waals surface area contributed by atoms with Crippen LogP contribution in [0.15, 0.2) is 0 Å². The van der Waals surface area contributed by atoms with Crippen LogP contribution in [0.4, 0.5) is 0 Å². The number of aryl methyl sites for hydroxylation is 2. The Morgan fingerprint density at radius 2 is 2.21 bits per heavy atom. The first-order chi connectivity index (χ1) is 9.30. The Labute approximate surface area is 121 Å². The summed E-state index contributed by atoms with van der Waals surface area (Å²) in [4.78, 5) is 6.63. The van der Waals surface area contributed by atoms with Crippen LogP contribution in [0.25, 0.3) is 0 Å². The summed E-state index contributed by atoms with van der Waals surface area (Å²) >= 11 is 2.01. The average molecular weight is 278 g/mol. The quantitative estimate of drug-likeness (QED) is 0.879. The Morgan fingerprint density at radius 1 is 1.32 bits per heavy atom. The second-order valence-electron chi connectivity index (χ2n) is 6.14. The highest BCUT2D eigenvalue weighted by molar-refractivity contribution is 7.12. The van der Waals surface area contributed by atoms with E-state index in [4.69, 9.17) is 4.98 Å². The third-order valence-electron chi connectivity index (χ3n) is 4.98. The highest BCUT2D eigenvalue weighted by Gasteiger charge is 2.45. The summed E-state index contributed by atoms with van der Waals surface area (Å²) in [6.45, 7) is 5.73. The van der Waals surface area contributed by atoms with Gasteiger partial charge in [-0.25, -0.2) is 4.98 Å². The fourth-order valence-corrected chi connectivity index (χ4v) is 5.37. The maximum Gasteiger partial charge on any atom is 0.114 e. The average Bonchev–Trinajstić information content (AvgIpc) is 3.09. The Balaban J connectivity index is 1.93. The molecule has 3 heteroatoms. The van der Waals surface area contributed by atoms with Gasteiger partial charge in [0.05, 0.1) is 11.2 Å². The summed E-state index contributed by atoms with van der Waals surface area (Å²) in [6.07, 6.45) is 10.3. The summed E-state index contributed by atoms with van der Waals surface area (Å²) in [5.74, 6) is 0.783. The van der Waals surface area contributed by atoms with Gasteiger partial charge in [0.15, 0.2) is 0 Å². The van der Waals surface area contributed by atoms with E-state index in [0.717, 1.165) is 12.5 Å². The number of rotatable bonds is 5. The highest BCUT2D eigenvalue weighted by Crippen LogP contribution is 2.47. The van der Waals surface area contributed by atoms with Crippen molar-refractivity contribution in [3.05, 3.63) is 15.6 Å². The van der Waals surface area contributed by atoms with Gasteiger partial charge in [-0.1, -0.05) is 26.7 Å². The van der Waals surface area contributed by atoms with Gasteiger partial charge in [0.25, 0.3) is 0 Å². The largest absolute Gasteiger partial charge is 0.305 e. The molecule has 1 heterocycles. The normalized spacial score (nSPS) is 29.9. The molecule has 2 aliphatic rings. The fraction of sp³-hybridized carbons (Fsp3) is 0.812. The number of hydrogen-bond donors (Lipinski definition) is 1. The molecule has 2 aliphatic carbocycles. The van der Waals surface area contributed by atoms with Crippen LogP contribution in [0, 0.1) is 5.92 Å². The molecule has 2 nitrogen and oxygen atoms in total. The number of nitrogens with zero attached hydrogens (tertiary/aromatic N) is 1. The molecule has 1 aromatic heterocycles. The van der Waals surface area contributed by atoms with Crippen molar-refractivity contribution < 1.29 is 0 Å². The predicted molar refractivity (Wildman–Crippen MR) is 81.7 cm³/mol. The summed E-state index contributed by atoms with van der Waals surface area (Å²) < 4.78 is 0. The van der Waals surface area contributed by atoms with E-state index in [9.17, 15) is 0 Å². The Bertz CT molecular complexity index is 418. The van der Waals surface area contributed by atoms with Crippen molar-refractivity contribution in [2.45, 2.75) is 70.8 Å². The molecular weight excluding hydrogens is 252 g/mol. The Kier molecular flexibility index (Phi) is 3.95. The minimum Gasteiger partial charge on any atom is -0.305 e. The van der Waals surface area contributed by atoms with Crippen LogP contribution in [0.5, 0.6) is 0 Å². The van der Waals surface area contributed by atoms with Crippen molar-refractivity contribution in [2.75, 3.05) is 6.54 Å². The van der Waals surface area contributed by atoms with E-state index in [1.807, 2.05) is 11.3 Å². The van der Waals surface area contributed by atoms with E-state index >= 15 is 0 Å². The SMILES string of the molecule is CCCNC1(c2nc3c(s2)CCC3)CCCC1CC. The van der Waals surface area contributed by atoms with E-state index in [2.05, 4.69) is 19.2 Å². The molecule has 1 saturated carbocycles. The molecule has 0 bridgehead atoms. The highest BCUT2D eigenvalue weighted by atomic mass is 32.1. The minimum absolute atomic E-state index is 0.208. The van der Waals surface area contributed by atoms with Crippen molar-refractivity contribution in [3.8, 4) is 0 Å². The van der Waals surface area contributed by atoms with Crippen molar-refractivity contribution in [1.29, 1.82) is 0 Å². The third kappa shape index (κ3) is 2.25. The topological polar surface area (TPSA) is 24.9 Å². The molecule has 0 aliphatic heterocycles. The van der Waals surface area contributed by atoms with Gasteiger partial charge >= 0.3 is 0 Å². The fourth-order valence-electron chi connectivity index (χ4n) is 3.95. The maximum atomic E-state index is 5.05. The van der Waals surface area contributed by atoms with Crippen molar-refractivity contribution >= 4 is 11.3 Å². The second kappa shape index (κ2) is 5.53. The lowest BCUT2D eigenvalue weighted by molar-refractivity contribution is 0.240. The molecule has 0 saturated heterocycles. The van der Waals surface area contributed by atoms with E-state index in [1.165, 1.54) is 62.1 Å². The molecule has 0 amide bonds. The van der Waals surface area contributed by atoms with Crippen LogP contribution >= 0.6 is 11.3 Å². The second-order valence-corrected chi connectivity index (χ2v) is 7.22. The number of nitrogens with one attached hydrogen (secondary N) is 1. The van der Waals surface area contributed by atoms with E-state index in [1.54, 1.807) is 4.88 Å². The summed E-state index contributed by atoms with van der Waals surface area (Å²) in [5.41, 5.74) is 1.62. The number of thiazole rings is 1. The monoisotopic (exact) mass is 278 g/mol. The predicted octanol–water partition coefficient (Wildman–Crippen LogP) is 4.04.